The van der Waals surface area contributed by atoms with Crippen LogP contribution in [0.1, 0.15) is 48.9 Å². The lowest BCUT2D eigenvalue weighted by atomic mass is 9.58. The summed E-state index contributed by atoms with van der Waals surface area (Å²) in [6.45, 7) is 3.61. The number of fused-ring (bicyclic) bond motifs is 3. The van der Waals surface area contributed by atoms with Gasteiger partial charge in [-0.15, -0.1) is 0 Å². The molecular weight excluding hydrogens is 470 g/mol. The van der Waals surface area contributed by atoms with Gasteiger partial charge in [-0.2, -0.15) is 0 Å². The molecule has 36 heavy (non-hydrogen) atoms. The number of aromatic hydroxyl groups is 2. The van der Waals surface area contributed by atoms with E-state index in [9.17, 15) is 39.9 Å². The first-order chi connectivity index (χ1) is 16.9. The molecule has 5 rings (SSSR count). The van der Waals surface area contributed by atoms with Crippen LogP contribution in [0.5, 0.6) is 11.5 Å². The monoisotopic (exact) mass is 499 g/mol. The van der Waals surface area contributed by atoms with Gasteiger partial charge in [-0.3, -0.25) is 19.3 Å². The van der Waals surface area contributed by atoms with Crippen molar-refractivity contribution in [2.75, 3.05) is 13.1 Å². The summed E-state index contributed by atoms with van der Waals surface area (Å²) in [5, 5.41) is 55.3. The van der Waals surface area contributed by atoms with Crippen molar-refractivity contribution in [2.24, 2.45) is 23.3 Å². The van der Waals surface area contributed by atoms with Gasteiger partial charge in [-0.1, -0.05) is 6.92 Å². The number of benzene rings is 1. The number of ketones is 2. The number of carbonyl (C=O) groups excluding carboxylic acids is 3. The average Bonchev–Trinajstić information content (AvgIpc) is 3.30. The molecule has 5 atom stereocenters. The Morgan fingerprint density at radius 2 is 1.92 bits per heavy atom. The standard InChI is InChI=1S/C25H29N3O8/c1-2-28-5-3-4-13(28)10-8-14(29)16-11(19(10)30)6-9-7-12-18(26)21(32)17(24(27)35)23(34)25(12,36)22(33)15(9)20(16)31/h8-9,12-13,18,29-31,34,36H,2-7,26H2,1H3,(H2,27,35)/t9-,12-,13-,18-,25-/m0/s1. The van der Waals surface area contributed by atoms with Crippen LogP contribution in [-0.2, 0) is 20.8 Å². The average molecular weight is 500 g/mol. The van der Waals surface area contributed by atoms with Crippen molar-refractivity contribution in [3.63, 3.8) is 0 Å². The van der Waals surface area contributed by atoms with Gasteiger partial charge in [0.25, 0.3) is 5.91 Å². The fourth-order valence-corrected chi connectivity index (χ4v) is 6.61. The molecule has 3 aliphatic carbocycles. The topological polar surface area (TPSA) is 208 Å². The van der Waals surface area contributed by atoms with Gasteiger partial charge in [-0.25, -0.2) is 0 Å². The molecule has 1 aromatic carbocycles. The van der Waals surface area contributed by atoms with Gasteiger partial charge >= 0.3 is 0 Å². The number of aliphatic hydroxyl groups is 3. The van der Waals surface area contributed by atoms with E-state index in [0.29, 0.717) is 5.56 Å². The molecule has 9 N–H and O–H groups in total. The molecule has 1 saturated heterocycles. The van der Waals surface area contributed by atoms with Crippen molar-refractivity contribution in [3.8, 4) is 11.5 Å². The minimum atomic E-state index is -2.75. The third-order valence-electron chi connectivity index (χ3n) is 8.38. The van der Waals surface area contributed by atoms with E-state index in [-0.39, 0.29) is 47.1 Å². The molecule has 4 aliphatic rings. The molecule has 192 valence electrons. The number of likely N-dealkylation sites (tertiary alicyclic amines) is 1. The van der Waals surface area contributed by atoms with Gasteiger partial charge in [0.05, 0.1) is 11.6 Å². The van der Waals surface area contributed by atoms with E-state index >= 15 is 0 Å². The zero-order valence-electron chi connectivity index (χ0n) is 19.7. The van der Waals surface area contributed by atoms with Crippen LogP contribution in [0, 0.1) is 11.8 Å². The van der Waals surface area contributed by atoms with Gasteiger partial charge in [0.1, 0.15) is 28.6 Å². The van der Waals surface area contributed by atoms with Crippen LogP contribution in [-0.4, -0.2) is 72.6 Å². The number of Topliss-reactive ketones (excluding diaryl/α,β-unsaturated/α-hetero) is 2. The predicted molar refractivity (Wildman–Crippen MR) is 126 cm³/mol. The molecule has 1 aliphatic heterocycles. The summed E-state index contributed by atoms with van der Waals surface area (Å²) in [7, 11) is 0. The fourth-order valence-electron chi connectivity index (χ4n) is 6.61. The number of nitrogens with zero attached hydrogens (tertiary/aromatic N) is 1. The predicted octanol–water partition coefficient (Wildman–Crippen LogP) is 0.224. The summed E-state index contributed by atoms with van der Waals surface area (Å²) < 4.78 is 0. The SMILES string of the molecule is CCN1CCC[C@H]1c1cc(O)c2c(c1O)C[C@H]1C[C@H]3[C@H](N)C(=O)C(C(N)=O)=C(O)[C@@]3(O)C(=O)C1=C2O. The van der Waals surface area contributed by atoms with Gasteiger partial charge in [0.15, 0.2) is 11.4 Å². The number of phenolic OH excluding ortho intramolecular Hbond substituents is 2. The minimum Gasteiger partial charge on any atom is -0.508 e. The quantitative estimate of drug-likeness (QED) is 0.222. The van der Waals surface area contributed by atoms with Gasteiger partial charge in [0.2, 0.25) is 5.78 Å². The lowest BCUT2D eigenvalue weighted by Gasteiger charge is -2.48. The van der Waals surface area contributed by atoms with Crippen LogP contribution in [0.15, 0.2) is 23.0 Å². The Labute approximate surface area is 206 Å². The Balaban J connectivity index is 1.67. The highest BCUT2D eigenvalue weighted by atomic mass is 16.3. The highest BCUT2D eigenvalue weighted by Crippen LogP contribution is 2.54. The summed E-state index contributed by atoms with van der Waals surface area (Å²) in [4.78, 5) is 40.2. The number of nitrogens with two attached hydrogens (primary N) is 2. The molecule has 2 fully saturated rings. The van der Waals surface area contributed by atoms with E-state index in [2.05, 4.69) is 4.90 Å². The molecule has 0 spiro atoms. The van der Waals surface area contributed by atoms with Crippen molar-refractivity contribution >= 4 is 23.2 Å². The van der Waals surface area contributed by atoms with E-state index in [0.717, 1.165) is 25.9 Å². The number of aliphatic hydroxyl groups excluding tert-OH is 2. The van der Waals surface area contributed by atoms with Crippen LogP contribution in [0.4, 0.5) is 0 Å². The van der Waals surface area contributed by atoms with Crippen LogP contribution in [0.3, 0.4) is 0 Å². The lowest BCUT2D eigenvalue weighted by molar-refractivity contribution is -0.149. The second-order valence-electron chi connectivity index (χ2n) is 10.1. The number of phenols is 2. The van der Waals surface area contributed by atoms with Crippen LogP contribution < -0.4 is 11.5 Å². The number of carbonyl (C=O) groups is 3. The Bertz CT molecular complexity index is 1280. The highest BCUT2D eigenvalue weighted by molar-refractivity contribution is 6.24. The summed E-state index contributed by atoms with van der Waals surface area (Å²) in [6, 6.07) is -0.241. The normalized spacial score (nSPS) is 32.4. The van der Waals surface area contributed by atoms with Gasteiger partial charge < -0.3 is 37.0 Å². The number of amides is 1. The van der Waals surface area contributed by atoms with Crippen molar-refractivity contribution < 1.29 is 39.9 Å². The molecule has 1 aromatic rings. The Morgan fingerprint density at radius 3 is 2.56 bits per heavy atom. The first kappa shape index (κ1) is 24.3. The number of rotatable bonds is 3. The van der Waals surface area contributed by atoms with Crippen LogP contribution in [0.2, 0.25) is 0 Å². The summed E-state index contributed by atoms with van der Waals surface area (Å²) in [5.41, 5.74) is 7.89. The minimum absolute atomic E-state index is 0.0210. The molecule has 11 heteroatoms. The molecule has 0 aromatic heterocycles. The molecule has 0 unspecified atom stereocenters. The Kier molecular flexibility index (Phi) is 5.43. The lowest BCUT2D eigenvalue weighted by Crippen LogP contribution is -2.65. The van der Waals surface area contributed by atoms with E-state index in [4.69, 9.17) is 11.5 Å². The second kappa shape index (κ2) is 8.05. The maximum Gasteiger partial charge on any atom is 0.255 e. The largest absolute Gasteiger partial charge is 0.508 e. The maximum absolute atomic E-state index is 13.6. The molecule has 0 bridgehead atoms. The van der Waals surface area contributed by atoms with Crippen molar-refractivity contribution in [2.45, 2.75) is 50.3 Å². The van der Waals surface area contributed by atoms with E-state index < -0.39 is 58.0 Å². The molecule has 0 radical (unpaired) electrons. The van der Waals surface area contributed by atoms with Crippen LogP contribution >= 0.6 is 0 Å². The summed E-state index contributed by atoms with van der Waals surface area (Å²) in [6.07, 6.45) is 1.62. The first-order valence-corrected chi connectivity index (χ1v) is 12.0. The third kappa shape index (κ3) is 2.99. The summed E-state index contributed by atoms with van der Waals surface area (Å²) in [5.74, 6) is -7.80. The van der Waals surface area contributed by atoms with Crippen molar-refractivity contribution in [1.82, 2.24) is 4.90 Å². The Hall–Kier alpha value is -3.41. The van der Waals surface area contributed by atoms with Gasteiger partial charge in [0, 0.05) is 28.7 Å². The van der Waals surface area contributed by atoms with E-state index in [1.165, 1.54) is 6.07 Å². The molecule has 1 saturated carbocycles. The zero-order valence-corrected chi connectivity index (χ0v) is 19.7. The van der Waals surface area contributed by atoms with E-state index in [1.807, 2.05) is 6.92 Å². The van der Waals surface area contributed by atoms with Crippen LogP contribution in [0.25, 0.3) is 5.76 Å². The second-order valence-corrected chi connectivity index (χ2v) is 10.1. The molecular formula is C25H29N3O8. The molecule has 11 nitrogen and oxygen atoms in total. The maximum atomic E-state index is 13.6. The van der Waals surface area contributed by atoms with E-state index in [1.54, 1.807) is 0 Å². The third-order valence-corrected chi connectivity index (χ3v) is 8.38. The number of primary amides is 1. The van der Waals surface area contributed by atoms with Crippen molar-refractivity contribution in [3.05, 3.63) is 39.7 Å². The zero-order chi connectivity index (χ0) is 26.3. The number of hydrogen-bond acceptors (Lipinski definition) is 10. The molecule has 1 heterocycles. The number of hydrogen-bond donors (Lipinski definition) is 7. The summed E-state index contributed by atoms with van der Waals surface area (Å²) >= 11 is 0. The first-order valence-electron chi connectivity index (χ1n) is 12.0. The Morgan fingerprint density at radius 1 is 1.22 bits per heavy atom. The van der Waals surface area contributed by atoms with Crippen molar-refractivity contribution in [1.29, 1.82) is 0 Å². The molecule has 1 amide bonds. The highest BCUT2D eigenvalue weighted by Gasteiger charge is 2.63. The fraction of sp³-hybridized carbons (Fsp3) is 0.480. The van der Waals surface area contributed by atoms with Gasteiger partial charge in [-0.05, 0) is 50.8 Å². The smallest absolute Gasteiger partial charge is 0.255 e.